The minimum atomic E-state index is -0.626. The number of nitro benzene ring substituents is 1. The van der Waals surface area contributed by atoms with E-state index in [1.807, 2.05) is 20.8 Å². The number of nitrogens with one attached hydrogen (secondary N) is 2. The molecule has 8 nitrogen and oxygen atoms in total. The van der Waals surface area contributed by atoms with Gasteiger partial charge >= 0.3 is 0 Å². The van der Waals surface area contributed by atoms with E-state index in [0.717, 1.165) is 5.70 Å². The molecule has 2 heterocycles. The lowest BCUT2D eigenvalue weighted by atomic mass is 9.68. The normalized spacial score (nSPS) is 19.8. The van der Waals surface area contributed by atoms with Gasteiger partial charge < -0.3 is 10.6 Å². The second kappa shape index (κ2) is 8.03. The van der Waals surface area contributed by atoms with Crippen molar-refractivity contribution in [3.63, 3.8) is 0 Å². The average molecular weight is 432 g/mol. The monoisotopic (exact) mass is 432 g/mol. The third-order valence-corrected chi connectivity index (χ3v) is 5.83. The molecule has 1 atom stereocenters. The van der Waals surface area contributed by atoms with Crippen LogP contribution in [0.5, 0.6) is 0 Å². The largest absolute Gasteiger partial charge is 0.362 e. The number of carbonyl (C=O) groups is 2. The zero-order valence-electron chi connectivity index (χ0n) is 18.1. The van der Waals surface area contributed by atoms with Gasteiger partial charge in [-0.15, -0.1) is 0 Å². The molecule has 8 heteroatoms. The molecule has 0 radical (unpaired) electrons. The van der Waals surface area contributed by atoms with Gasteiger partial charge in [0, 0.05) is 53.2 Å². The van der Waals surface area contributed by atoms with Gasteiger partial charge in [-0.3, -0.25) is 19.7 Å². The van der Waals surface area contributed by atoms with Crippen molar-refractivity contribution >= 4 is 23.2 Å². The Morgan fingerprint density at radius 3 is 2.53 bits per heavy atom. The predicted molar refractivity (Wildman–Crippen MR) is 120 cm³/mol. The Hall–Kier alpha value is -3.81. The van der Waals surface area contributed by atoms with Crippen LogP contribution in [0.1, 0.15) is 45.1 Å². The molecule has 1 amide bonds. The van der Waals surface area contributed by atoms with Crippen molar-refractivity contribution in [1.29, 1.82) is 0 Å². The molecule has 1 aromatic carbocycles. The quantitative estimate of drug-likeness (QED) is 0.552. The van der Waals surface area contributed by atoms with Crippen molar-refractivity contribution < 1.29 is 14.5 Å². The fraction of sp³-hybridized carbons (Fsp3) is 0.292. The van der Waals surface area contributed by atoms with Gasteiger partial charge in [-0.05, 0) is 36.5 Å². The second-order valence-corrected chi connectivity index (χ2v) is 8.95. The van der Waals surface area contributed by atoms with Gasteiger partial charge in [0.25, 0.3) is 11.6 Å². The zero-order valence-corrected chi connectivity index (χ0v) is 18.1. The number of nitro groups is 1. The molecule has 0 unspecified atom stereocenters. The van der Waals surface area contributed by atoms with Crippen molar-refractivity contribution in [1.82, 2.24) is 10.3 Å². The standard InChI is InChI=1S/C24H24N4O4/c1-14-20(23(30)27-19-6-4-5-11-25-19)21(15-7-9-16(10-8-15)28(31)32)22-17(26-14)12-24(2,3)13-18(22)29/h4-11,21,26H,12-13H2,1-3H3,(H,25,27,30)/t21-/m0/s1. The molecular weight excluding hydrogens is 408 g/mol. The van der Waals surface area contributed by atoms with Crippen LogP contribution in [-0.2, 0) is 9.59 Å². The molecule has 2 aromatic rings. The summed E-state index contributed by atoms with van der Waals surface area (Å²) in [6, 6.07) is 11.2. The van der Waals surface area contributed by atoms with Crippen molar-refractivity contribution in [3.05, 3.63) is 86.9 Å². The molecule has 0 fully saturated rings. The molecule has 164 valence electrons. The highest BCUT2D eigenvalue weighted by Gasteiger charge is 2.42. The van der Waals surface area contributed by atoms with Gasteiger partial charge in [-0.2, -0.15) is 0 Å². The first-order valence-corrected chi connectivity index (χ1v) is 10.4. The third kappa shape index (κ3) is 4.03. The smallest absolute Gasteiger partial charge is 0.269 e. The molecule has 2 aliphatic rings. The van der Waals surface area contributed by atoms with Crippen LogP contribution in [0.15, 0.2) is 71.2 Å². The number of hydrogen-bond donors (Lipinski definition) is 2. The Morgan fingerprint density at radius 1 is 1.19 bits per heavy atom. The first-order valence-electron chi connectivity index (χ1n) is 10.4. The number of non-ortho nitro benzene ring substituents is 1. The van der Waals surface area contributed by atoms with E-state index in [2.05, 4.69) is 15.6 Å². The number of aromatic nitrogens is 1. The fourth-order valence-corrected chi connectivity index (χ4v) is 4.48. The van der Waals surface area contributed by atoms with Gasteiger partial charge in [0.1, 0.15) is 5.82 Å². The molecule has 1 aliphatic carbocycles. The molecule has 0 spiro atoms. The Balaban J connectivity index is 1.81. The molecule has 32 heavy (non-hydrogen) atoms. The molecule has 0 bridgehead atoms. The Kier molecular flexibility index (Phi) is 5.38. The van der Waals surface area contributed by atoms with E-state index >= 15 is 0 Å². The number of hydrogen-bond acceptors (Lipinski definition) is 6. The van der Waals surface area contributed by atoms with E-state index in [0.29, 0.717) is 41.1 Å². The maximum Gasteiger partial charge on any atom is 0.269 e. The number of nitrogens with zero attached hydrogens (tertiary/aromatic N) is 2. The molecule has 1 aromatic heterocycles. The van der Waals surface area contributed by atoms with Crippen LogP contribution in [0.2, 0.25) is 0 Å². The van der Waals surface area contributed by atoms with E-state index in [1.165, 1.54) is 12.1 Å². The number of ketones is 1. The number of anilines is 1. The fourth-order valence-electron chi connectivity index (χ4n) is 4.48. The number of rotatable bonds is 4. The van der Waals surface area contributed by atoms with Gasteiger partial charge in [-0.25, -0.2) is 4.98 Å². The highest BCUT2D eigenvalue weighted by atomic mass is 16.6. The summed E-state index contributed by atoms with van der Waals surface area (Å²) >= 11 is 0. The summed E-state index contributed by atoms with van der Waals surface area (Å²) in [4.78, 5) is 41.4. The number of benzene rings is 1. The summed E-state index contributed by atoms with van der Waals surface area (Å²) in [6.07, 6.45) is 2.62. The lowest BCUT2D eigenvalue weighted by Gasteiger charge is -2.39. The van der Waals surface area contributed by atoms with Crippen LogP contribution in [0, 0.1) is 15.5 Å². The van der Waals surface area contributed by atoms with Gasteiger partial charge in [-0.1, -0.05) is 32.0 Å². The Morgan fingerprint density at radius 2 is 1.91 bits per heavy atom. The topological polar surface area (TPSA) is 114 Å². The lowest BCUT2D eigenvalue weighted by molar-refractivity contribution is -0.384. The van der Waals surface area contributed by atoms with E-state index in [-0.39, 0.29) is 22.8 Å². The van der Waals surface area contributed by atoms with Crippen molar-refractivity contribution in [3.8, 4) is 0 Å². The van der Waals surface area contributed by atoms with Crippen LogP contribution < -0.4 is 10.6 Å². The first-order chi connectivity index (χ1) is 15.2. The van der Waals surface area contributed by atoms with Crippen LogP contribution in [0.3, 0.4) is 0 Å². The molecular formula is C24H24N4O4. The number of dihydropyridines is 1. The number of pyridine rings is 1. The van der Waals surface area contributed by atoms with E-state index in [9.17, 15) is 19.7 Å². The Bertz CT molecular complexity index is 1160. The summed E-state index contributed by atoms with van der Waals surface area (Å²) in [6.45, 7) is 5.89. The summed E-state index contributed by atoms with van der Waals surface area (Å²) in [5.74, 6) is -0.625. The van der Waals surface area contributed by atoms with E-state index in [4.69, 9.17) is 0 Å². The van der Waals surface area contributed by atoms with Crippen molar-refractivity contribution in [2.75, 3.05) is 5.32 Å². The molecule has 2 N–H and O–H groups in total. The molecule has 0 saturated carbocycles. The van der Waals surface area contributed by atoms with Gasteiger partial charge in [0.05, 0.1) is 4.92 Å². The minimum Gasteiger partial charge on any atom is -0.362 e. The third-order valence-electron chi connectivity index (χ3n) is 5.83. The van der Waals surface area contributed by atoms with Gasteiger partial charge in [0.2, 0.25) is 0 Å². The van der Waals surface area contributed by atoms with Crippen LogP contribution in [-0.4, -0.2) is 21.6 Å². The Labute approximate surface area is 185 Å². The predicted octanol–water partition coefficient (Wildman–Crippen LogP) is 4.23. The van der Waals surface area contributed by atoms with Crippen molar-refractivity contribution in [2.24, 2.45) is 5.41 Å². The summed E-state index contributed by atoms with van der Waals surface area (Å²) in [5.41, 5.74) is 2.81. The summed E-state index contributed by atoms with van der Waals surface area (Å²) < 4.78 is 0. The second-order valence-electron chi connectivity index (χ2n) is 8.95. The highest BCUT2D eigenvalue weighted by molar-refractivity contribution is 6.09. The molecule has 1 aliphatic heterocycles. The van der Waals surface area contributed by atoms with Crippen LogP contribution in [0.25, 0.3) is 0 Å². The molecule has 0 saturated heterocycles. The SMILES string of the molecule is CC1=C(C(=O)Nc2ccccn2)[C@H](c2ccc([N+](=O)[O-])cc2)C2=C(CC(C)(C)CC2=O)N1. The number of amides is 1. The van der Waals surface area contributed by atoms with E-state index in [1.54, 1.807) is 36.5 Å². The minimum absolute atomic E-state index is 0.0252. The first kappa shape index (κ1) is 21.4. The average Bonchev–Trinajstić information content (AvgIpc) is 2.72. The zero-order chi connectivity index (χ0) is 23.0. The molecule has 4 rings (SSSR count). The number of carbonyl (C=O) groups excluding carboxylic acids is 2. The number of Topliss-reactive ketones (excluding diaryl/α,β-unsaturated/α-hetero) is 1. The maximum absolute atomic E-state index is 13.4. The van der Waals surface area contributed by atoms with Gasteiger partial charge in [0.15, 0.2) is 5.78 Å². The number of allylic oxidation sites excluding steroid dienone is 3. The lowest BCUT2D eigenvalue weighted by Crippen LogP contribution is -2.39. The van der Waals surface area contributed by atoms with E-state index < -0.39 is 10.8 Å². The summed E-state index contributed by atoms with van der Waals surface area (Å²) in [7, 11) is 0. The van der Waals surface area contributed by atoms with Crippen molar-refractivity contribution in [2.45, 2.75) is 39.5 Å². The highest BCUT2D eigenvalue weighted by Crippen LogP contribution is 2.46. The van der Waals surface area contributed by atoms with Crippen LogP contribution >= 0.6 is 0 Å². The maximum atomic E-state index is 13.4. The summed E-state index contributed by atoms with van der Waals surface area (Å²) in [5, 5.41) is 17.2. The van der Waals surface area contributed by atoms with Crippen LogP contribution in [0.4, 0.5) is 11.5 Å².